The lowest BCUT2D eigenvalue weighted by Crippen LogP contribution is -2.40. The van der Waals surface area contributed by atoms with E-state index in [-0.39, 0.29) is 0 Å². The maximum absolute atomic E-state index is 5.96. The van der Waals surface area contributed by atoms with Crippen molar-refractivity contribution in [1.82, 2.24) is 4.90 Å². The molecule has 20 heavy (non-hydrogen) atoms. The standard InChI is InChI=1S/C16H24N4/c1-20-14-7-8-15(20)10-12(9-14)11-18-16(17)19-13-5-3-2-4-6-13/h2-6,12,14-15H,7-11H2,1H3,(H3,17,18,19). The van der Waals surface area contributed by atoms with Crippen molar-refractivity contribution in [2.75, 3.05) is 18.9 Å². The molecule has 2 aliphatic heterocycles. The van der Waals surface area contributed by atoms with Gasteiger partial charge in [-0.05, 0) is 50.8 Å². The second kappa shape index (κ2) is 5.83. The molecule has 0 amide bonds. The number of aliphatic imine (C=N–C) groups is 1. The molecule has 1 aromatic rings. The molecule has 108 valence electrons. The van der Waals surface area contributed by atoms with E-state index in [9.17, 15) is 0 Å². The second-order valence-electron chi connectivity index (χ2n) is 6.10. The van der Waals surface area contributed by atoms with Gasteiger partial charge in [-0.1, -0.05) is 18.2 Å². The number of nitrogens with one attached hydrogen (secondary N) is 1. The number of piperidine rings is 1. The predicted molar refractivity (Wildman–Crippen MR) is 83.9 cm³/mol. The van der Waals surface area contributed by atoms with Crippen LogP contribution in [0.5, 0.6) is 0 Å². The van der Waals surface area contributed by atoms with Crippen molar-refractivity contribution in [2.24, 2.45) is 16.6 Å². The van der Waals surface area contributed by atoms with Crippen molar-refractivity contribution in [3.05, 3.63) is 30.3 Å². The van der Waals surface area contributed by atoms with E-state index in [0.29, 0.717) is 11.9 Å². The van der Waals surface area contributed by atoms with Crippen LogP contribution in [-0.4, -0.2) is 36.5 Å². The number of nitrogens with two attached hydrogens (primary N) is 1. The van der Waals surface area contributed by atoms with E-state index in [2.05, 4.69) is 22.3 Å². The number of guanidine groups is 1. The summed E-state index contributed by atoms with van der Waals surface area (Å²) in [4.78, 5) is 7.09. The third kappa shape index (κ3) is 2.96. The molecule has 1 aromatic carbocycles. The average molecular weight is 272 g/mol. The molecule has 2 saturated heterocycles. The van der Waals surface area contributed by atoms with Crippen molar-refractivity contribution in [1.29, 1.82) is 0 Å². The van der Waals surface area contributed by atoms with Gasteiger partial charge >= 0.3 is 0 Å². The van der Waals surface area contributed by atoms with E-state index >= 15 is 0 Å². The van der Waals surface area contributed by atoms with Crippen LogP contribution in [0.4, 0.5) is 5.69 Å². The highest BCUT2D eigenvalue weighted by atomic mass is 15.2. The topological polar surface area (TPSA) is 53.6 Å². The highest BCUT2D eigenvalue weighted by Crippen LogP contribution is 2.37. The number of hydrogen-bond acceptors (Lipinski definition) is 2. The molecular formula is C16H24N4. The number of fused-ring (bicyclic) bond motifs is 2. The zero-order valence-electron chi connectivity index (χ0n) is 12.1. The van der Waals surface area contributed by atoms with E-state index < -0.39 is 0 Å². The summed E-state index contributed by atoms with van der Waals surface area (Å²) in [5, 5.41) is 3.15. The van der Waals surface area contributed by atoms with E-state index in [1.165, 1.54) is 25.7 Å². The van der Waals surface area contributed by atoms with Crippen LogP contribution < -0.4 is 11.1 Å². The van der Waals surface area contributed by atoms with E-state index in [4.69, 9.17) is 5.73 Å². The van der Waals surface area contributed by atoms with Crippen LogP contribution in [-0.2, 0) is 0 Å². The summed E-state index contributed by atoms with van der Waals surface area (Å²) in [6.45, 7) is 0.854. The zero-order valence-corrected chi connectivity index (χ0v) is 12.1. The van der Waals surface area contributed by atoms with Crippen LogP contribution >= 0.6 is 0 Å². The first-order chi connectivity index (χ1) is 9.72. The summed E-state index contributed by atoms with van der Waals surface area (Å²) in [5.74, 6) is 1.22. The lowest BCUT2D eigenvalue weighted by atomic mass is 9.91. The fourth-order valence-corrected chi connectivity index (χ4v) is 3.61. The van der Waals surface area contributed by atoms with Gasteiger partial charge in [-0.15, -0.1) is 0 Å². The molecule has 3 rings (SSSR count). The highest BCUT2D eigenvalue weighted by Gasteiger charge is 2.38. The Bertz CT molecular complexity index is 457. The summed E-state index contributed by atoms with van der Waals surface area (Å²) >= 11 is 0. The second-order valence-corrected chi connectivity index (χ2v) is 6.10. The minimum absolute atomic E-state index is 0.530. The Labute approximate surface area is 121 Å². The third-order valence-electron chi connectivity index (χ3n) is 4.76. The van der Waals surface area contributed by atoms with Crippen LogP contribution in [0.1, 0.15) is 25.7 Å². The van der Waals surface area contributed by atoms with Crippen molar-refractivity contribution in [3.63, 3.8) is 0 Å². The van der Waals surface area contributed by atoms with Crippen LogP contribution in [0, 0.1) is 5.92 Å². The van der Waals surface area contributed by atoms with E-state index in [1.54, 1.807) is 0 Å². The molecule has 2 bridgehead atoms. The molecule has 2 aliphatic rings. The summed E-state index contributed by atoms with van der Waals surface area (Å²) in [5.41, 5.74) is 6.96. The van der Waals surface area contributed by atoms with Gasteiger partial charge < -0.3 is 16.0 Å². The summed E-state index contributed by atoms with van der Waals surface area (Å²) in [6.07, 6.45) is 5.27. The van der Waals surface area contributed by atoms with Gasteiger partial charge in [0.15, 0.2) is 5.96 Å². The molecule has 2 fully saturated rings. The Morgan fingerprint density at radius 1 is 1.25 bits per heavy atom. The molecule has 0 saturated carbocycles. The Balaban J connectivity index is 1.53. The molecule has 4 nitrogen and oxygen atoms in total. The van der Waals surface area contributed by atoms with Crippen LogP contribution in [0.3, 0.4) is 0 Å². The largest absolute Gasteiger partial charge is 0.370 e. The molecular weight excluding hydrogens is 248 g/mol. The quantitative estimate of drug-likeness (QED) is 0.655. The van der Waals surface area contributed by atoms with Gasteiger partial charge in [-0.2, -0.15) is 0 Å². The molecule has 2 unspecified atom stereocenters. The summed E-state index contributed by atoms with van der Waals surface area (Å²) < 4.78 is 0. The minimum Gasteiger partial charge on any atom is -0.370 e. The molecule has 0 radical (unpaired) electrons. The van der Waals surface area contributed by atoms with Gasteiger partial charge in [0.05, 0.1) is 0 Å². The van der Waals surface area contributed by atoms with E-state index in [1.807, 2.05) is 30.3 Å². The Kier molecular flexibility index (Phi) is 3.92. The van der Waals surface area contributed by atoms with Crippen LogP contribution in [0.2, 0.25) is 0 Å². The molecule has 0 aliphatic carbocycles. The van der Waals surface area contributed by atoms with Gasteiger partial charge in [0.2, 0.25) is 0 Å². The van der Waals surface area contributed by atoms with E-state index in [0.717, 1.165) is 24.3 Å². The lowest BCUT2D eigenvalue weighted by molar-refractivity contribution is 0.137. The molecule has 0 aromatic heterocycles. The fraction of sp³-hybridized carbons (Fsp3) is 0.562. The fourth-order valence-electron chi connectivity index (χ4n) is 3.61. The SMILES string of the molecule is CN1C2CCC1CC(CN=C(N)Nc1ccccc1)C2. The first-order valence-corrected chi connectivity index (χ1v) is 7.56. The van der Waals surface area contributed by atoms with Gasteiger partial charge in [0.1, 0.15) is 0 Å². The van der Waals surface area contributed by atoms with Crippen LogP contribution in [0.15, 0.2) is 35.3 Å². The van der Waals surface area contributed by atoms with Crippen molar-refractivity contribution < 1.29 is 0 Å². The van der Waals surface area contributed by atoms with Crippen LogP contribution in [0.25, 0.3) is 0 Å². The maximum atomic E-state index is 5.96. The normalized spacial score (nSPS) is 30.4. The number of nitrogens with zero attached hydrogens (tertiary/aromatic N) is 2. The lowest BCUT2D eigenvalue weighted by Gasteiger charge is -2.35. The third-order valence-corrected chi connectivity index (χ3v) is 4.76. The number of rotatable bonds is 3. The highest BCUT2D eigenvalue weighted by molar-refractivity contribution is 5.92. The van der Waals surface area contributed by atoms with Crippen molar-refractivity contribution >= 4 is 11.6 Å². The minimum atomic E-state index is 0.530. The van der Waals surface area contributed by atoms with Gasteiger partial charge in [-0.25, -0.2) is 0 Å². The van der Waals surface area contributed by atoms with Crippen molar-refractivity contribution in [2.45, 2.75) is 37.8 Å². The number of anilines is 1. The first-order valence-electron chi connectivity index (χ1n) is 7.56. The summed E-state index contributed by atoms with van der Waals surface area (Å²) in [7, 11) is 2.27. The van der Waals surface area contributed by atoms with Gasteiger partial charge in [-0.3, -0.25) is 4.99 Å². The Hall–Kier alpha value is -1.55. The summed E-state index contributed by atoms with van der Waals surface area (Å²) in [6, 6.07) is 11.5. The molecule has 0 spiro atoms. The monoisotopic (exact) mass is 272 g/mol. The molecule has 2 heterocycles. The molecule has 3 N–H and O–H groups in total. The Morgan fingerprint density at radius 3 is 2.55 bits per heavy atom. The number of hydrogen-bond donors (Lipinski definition) is 2. The van der Waals surface area contributed by atoms with Crippen molar-refractivity contribution in [3.8, 4) is 0 Å². The first kappa shape index (κ1) is 13.4. The zero-order chi connectivity index (χ0) is 13.9. The number of para-hydroxylation sites is 1. The smallest absolute Gasteiger partial charge is 0.193 e. The predicted octanol–water partition coefficient (Wildman–Crippen LogP) is 2.29. The molecule has 2 atom stereocenters. The van der Waals surface area contributed by atoms with Gasteiger partial charge in [0, 0.05) is 24.3 Å². The Morgan fingerprint density at radius 2 is 1.90 bits per heavy atom. The van der Waals surface area contributed by atoms with Gasteiger partial charge in [0.25, 0.3) is 0 Å². The average Bonchev–Trinajstić information content (AvgIpc) is 2.68. The number of benzene rings is 1. The maximum Gasteiger partial charge on any atom is 0.193 e. The molecule has 4 heteroatoms.